The van der Waals surface area contributed by atoms with Gasteiger partial charge in [-0.25, -0.2) is 9.59 Å². The highest BCUT2D eigenvalue weighted by Gasteiger charge is 2.52. The maximum atomic E-state index is 13.1. The van der Waals surface area contributed by atoms with Gasteiger partial charge in [0.1, 0.15) is 28.9 Å². The van der Waals surface area contributed by atoms with E-state index >= 15 is 0 Å². The fourth-order valence-electron chi connectivity index (χ4n) is 5.26. The number of carbonyl (C=O) groups is 2. The van der Waals surface area contributed by atoms with E-state index in [2.05, 4.69) is 0 Å². The number of aliphatic hydroxyl groups excluding tert-OH is 2. The molecule has 1 unspecified atom stereocenters. The molecule has 12 nitrogen and oxygen atoms in total. The molecular weight excluding hydrogens is 574 g/mol. The zero-order chi connectivity index (χ0) is 32.5. The number of amides is 1. The number of primary amides is 1. The van der Waals surface area contributed by atoms with Crippen LogP contribution in [0.3, 0.4) is 0 Å². The minimum Gasteiger partial charge on any atom is -0.508 e. The summed E-state index contributed by atoms with van der Waals surface area (Å²) in [5.41, 5.74) is 5.02. The number of hydrogen-bond donors (Lipinski definition) is 5. The second kappa shape index (κ2) is 12.7. The standard InChI is InChI=1S/C32H37NO11/c1-15(2)6-7-17-12-18(8-10-22(17)35)23(36)13-20-25(37)19-9-11-24(16(3)27(19)42-29(20)39)41-30-26(38)28(43-31(33)40)21(14-34)32(4,5)44-30/h6,8-12,21,26,28,30,34-35,37-38H,7,13-14H2,1-5H3,(H2,33,40)/t21-,26?,28+,30-/m1/s1. The van der Waals surface area contributed by atoms with Gasteiger partial charge in [-0.2, -0.15) is 0 Å². The topological polar surface area (TPSA) is 199 Å². The number of rotatable bonds is 9. The highest BCUT2D eigenvalue weighted by molar-refractivity contribution is 5.99. The lowest BCUT2D eigenvalue weighted by molar-refractivity contribution is -0.290. The van der Waals surface area contributed by atoms with Crippen LogP contribution in [0.5, 0.6) is 17.2 Å². The van der Waals surface area contributed by atoms with Crippen LogP contribution >= 0.6 is 0 Å². The zero-order valence-corrected chi connectivity index (χ0v) is 25.1. The minimum absolute atomic E-state index is 0.0161. The Morgan fingerprint density at radius 3 is 2.48 bits per heavy atom. The number of aliphatic hydroxyl groups is 2. The smallest absolute Gasteiger partial charge is 0.404 e. The maximum Gasteiger partial charge on any atom is 0.404 e. The molecule has 1 aliphatic rings. The van der Waals surface area contributed by atoms with Crippen molar-refractivity contribution >= 4 is 22.8 Å². The van der Waals surface area contributed by atoms with Crippen LogP contribution in [-0.4, -0.2) is 63.0 Å². The van der Waals surface area contributed by atoms with E-state index in [1.165, 1.54) is 24.3 Å². The molecule has 0 aliphatic carbocycles. The first kappa shape index (κ1) is 32.5. The van der Waals surface area contributed by atoms with Gasteiger partial charge in [0.25, 0.3) is 0 Å². The molecule has 1 aliphatic heterocycles. The van der Waals surface area contributed by atoms with Crippen LogP contribution < -0.4 is 16.1 Å². The van der Waals surface area contributed by atoms with Gasteiger partial charge in [0, 0.05) is 17.5 Å². The molecule has 12 heteroatoms. The lowest BCUT2D eigenvalue weighted by Gasteiger charge is -2.47. The number of Topliss-reactive ketones (excluding diaryl/α,β-unsaturated/α-hetero) is 1. The number of ether oxygens (including phenoxy) is 3. The van der Waals surface area contributed by atoms with Crippen molar-refractivity contribution in [3.05, 3.63) is 74.7 Å². The number of fused-ring (bicyclic) bond motifs is 1. The molecule has 0 spiro atoms. The summed E-state index contributed by atoms with van der Waals surface area (Å²) in [6.45, 7) is 8.18. The van der Waals surface area contributed by atoms with E-state index in [4.69, 9.17) is 24.4 Å². The number of nitrogens with two attached hydrogens (primary N) is 1. The number of phenols is 1. The molecule has 1 saturated heterocycles. The highest BCUT2D eigenvalue weighted by Crippen LogP contribution is 2.39. The van der Waals surface area contributed by atoms with Gasteiger partial charge in [-0.15, -0.1) is 0 Å². The van der Waals surface area contributed by atoms with Gasteiger partial charge >= 0.3 is 11.7 Å². The van der Waals surface area contributed by atoms with Crippen LogP contribution in [0.25, 0.3) is 11.0 Å². The van der Waals surface area contributed by atoms with Crippen molar-refractivity contribution < 1.29 is 48.6 Å². The van der Waals surface area contributed by atoms with Gasteiger partial charge in [0.05, 0.1) is 29.1 Å². The summed E-state index contributed by atoms with van der Waals surface area (Å²) >= 11 is 0. The molecule has 2 heterocycles. The van der Waals surface area contributed by atoms with Crippen molar-refractivity contribution in [1.82, 2.24) is 0 Å². The number of aryl methyl sites for hydroxylation is 1. The average Bonchev–Trinajstić information content (AvgIpc) is 2.94. The number of allylic oxidation sites excluding steroid dienone is 2. The number of benzene rings is 2. The van der Waals surface area contributed by atoms with Crippen molar-refractivity contribution in [1.29, 1.82) is 0 Å². The molecule has 1 amide bonds. The van der Waals surface area contributed by atoms with Gasteiger partial charge in [-0.3, -0.25) is 4.79 Å². The summed E-state index contributed by atoms with van der Waals surface area (Å²) < 4.78 is 22.5. The molecule has 236 valence electrons. The summed E-state index contributed by atoms with van der Waals surface area (Å²) in [6, 6.07) is 7.30. The zero-order valence-electron chi connectivity index (χ0n) is 25.1. The Bertz CT molecular complexity index is 1670. The second-order valence-electron chi connectivity index (χ2n) is 11.6. The van der Waals surface area contributed by atoms with E-state index in [0.717, 1.165) is 5.57 Å². The molecule has 44 heavy (non-hydrogen) atoms. The van der Waals surface area contributed by atoms with Gasteiger partial charge in [0.15, 0.2) is 11.9 Å². The second-order valence-corrected chi connectivity index (χ2v) is 11.6. The highest BCUT2D eigenvalue weighted by atomic mass is 16.7. The number of aromatic hydroxyl groups is 2. The van der Waals surface area contributed by atoms with E-state index in [1.807, 2.05) is 19.9 Å². The van der Waals surface area contributed by atoms with Crippen LogP contribution in [0, 0.1) is 12.8 Å². The predicted molar refractivity (Wildman–Crippen MR) is 159 cm³/mol. The van der Waals surface area contributed by atoms with E-state index in [1.54, 1.807) is 26.8 Å². The SMILES string of the molecule is CC(C)=CCc1cc(C(=O)Cc2c(O)c3ccc(O[C@@H]4OC(C)(C)[C@H](CO)[C@H](OC(N)=O)C4O)c(C)c3oc2=O)ccc1O. The predicted octanol–water partition coefficient (Wildman–Crippen LogP) is 3.39. The minimum atomic E-state index is -1.54. The van der Waals surface area contributed by atoms with Crippen molar-refractivity contribution in [3.8, 4) is 17.2 Å². The monoisotopic (exact) mass is 611 g/mol. The van der Waals surface area contributed by atoms with Crippen molar-refractivity contribution in [2.45, 2.75) is 71.6 Å². The first-order chi connectivity index (χ1) is 20.6. The molecular formula is C32H37NO11. The Balaban J connectivity index is 1.63. The van der Waals surface area contributed by atoms with Crippen LogP contribution in [-0.2, 0) is 22.3 Å². The van der Waals surface area contributed by atoms with Crippen molar-refractivity contribution in [2.75, 3.05) is 6.61 Å². The molecule has 6 N–H and O–H groups in total. The van der Waals surface area contributed by atoms with Gasteiger partial charge in [0.2, 0.25) is 6.29 Å². The Labute approximate surface area is 253 Å². The van der Waals surface area contributed by atoms with Crippen LogP contribution in [0.4, 0.5) is 4.79 Å². The Hall–Kier alpha value is -4.39. The van der Waals surface area contributed by atoms with E-state index in [-0.39, 0.29) is 39.2 Å². The third-order valence-electron chi connectivity index (χ3n) is 7.82. The van der Waals surface area contributed by atoms with Crippen LogP contribution in [0.15, 0.2) is 51.2 Å². The van der Waals surface area contributed by atoms with Crippen molar-refractivity contribution in [3.63, 3.8) is 0 Å². The maximum absolute atomic E-state index is 13.1. The fraction of sp³-hybridized carbons (Fsp3) is 0.406. The summed E-state index contributed by atoms with van der Waals surface area (Å²) in [5.74, 6) is -1.54. The first-order valence-electron chi connectivity index (χ1n) is 14.0. The first-order valence-corrected chi connectivity index (χ1v) is 14.0. The molecule has 0 bridgehead atoms. The number of hydrogen-bond acceptors (Lipinski definition) is 11. The van der Waals surface area contributed by atoms with Gasteiger partial charge in [-0.1, -0.05) is 11.6 Å². The molecule has 4 rings (SSSR count). The van der Waals surface area contributed by atoms with Gasteiger partial charge in [-0.05, 0) is 76.9 Å². The van der Waals surface area contributed by atoms with E-state index < -0.39 is 66.3 Å². The molecule has 4 atom stereocenters. The number of phenolic OH excluding ortho intramolecular Hbond substituents is 1. The fourth-order valence-corrected chi connectivity index (χ4v) is 5.26. The Morgan fingerprint density at radius 1 is 1.14 bits per heavy atom. The molecule has 2 aromatic carbocycles. The summed E-state index contributed by atoms with van der Waals surface area (Å²) in [6.07, 6.45) is -3.43. The average molecular weight is 612 g/mol. The third kappa shape index (κ3) is 6.57. The normalized spacial score (nSPS) is 21.1. The largest absolute Gasteiger partial charge is 0.508 e. The Kier molecular flexibility index (Phi) is 9.38. The molecule has 0 saturated carbocycles. The molecule has 0 radical (unpaired) electrons. The third-order valence-corrected chi connectivity index (χ3v) is 7.82. The lowest BCUT2D eigenvalue weighted by atomic mass is 9.81. The van der Waals surface area contributed by atoms with Crippen LogP contribution in [0.1, 0.15) is 54.7 Å². The molecule has 1 aromatic heterocycles. The summed E-state index contributed by atoms with van der Waals surface area (Å²) in [5, 5.41) is 42.1. The quantitative estimate of drug-likeness (QED) is 0.135. The summed E-state index contributed by atoms with van der Waals surface area (Å²) in [4.78, 5) is 37.6. The summed E-state index contributed by atoms with van der Waals surface area (Å²) in [7, 11) is 0. The molecule has 3 aromatic rings. The number of ketones is 1. The Morgan fingerprint density at radius 2 is 1.84 bits per heavy atom. The molecule has 1 fully saturated rings. The van der Waals surface area contributed by atoms with Crippen LogP contribution in [0.2, 0.25) is 0 Å². The van der Waals surface area contributed by atoms with E-state index in [0.29, 0.717) is 12.0 Å². The number of carbonyl (C=O) groups excluding carboxylic acids is 2. The lowest BCUT2D eigenvalue weighted by Crippen LogP contribution is -2.62. The van der Waals surface area contributed by atoms with Crippen molar-refractivity contribution in [2.24, 2.45) is 11.7 Å². The van der Waals surface area contributed by atoms with E-state index in [9.17, 15) is 34.8 Å². The van der Waals surface area contributed by atoms with Gasteiger partial charge < -0.3 is 44.8 Å².